The Hall–Kier alpha value is -2.81. The Morgan fingerprint density at radius 2 is 0.966 bits per heavy atom. The highest BCUT2D eigenvalue weighted by atomic mass is 31.2. The van der Waals surface area contributed by atoms with Crippen LogP contribution in [0.2, 0.25) is 0 Å². The molecule has 9 nitrogen and oxygen atoms in total. The van der Waals surface area contributed by atoms with Crippen LogP contribution in [0.3, 0.4) is 0 Å². The van der Waals surface area contributed by atoms with Crippen LogP contribution in [0, 0.1) is 0 Å². The van der Waals surface area contributed by atoms with Gasteiger partial charge in [-0.3, -0.25) is 14.2 Å². The van der Waals surface area contributed by atoms with E-state index in [-0.39, 0.29) is 26.1 Å². The minimum absolute atomic E-state index is 0.0516. The maximum absolute atomic E-state index is 12.6. The van der Waals surface area contributed by atoms with Gasteiger partial charge in [-0.2, -0.15) is 0 Å². The van der Waals surface area contributed by atoms with Gasteiger partial charge in [-0.15, -0.1) is 0 Å². The average molecular weight is 832 g/mol. The molecule has 0 aliphatic carbocycles. The highest BCUT2D eigenvalue weighted by Crippen LogP contribution is 2.38. The monoisotopic (exact) mass is 832 g/mol. The number of nitrogens with zero attached hydrogens (tertiary/aromatic N) is 1. The summed E-state index contributed by atoms with van der Waals surface area (Å²) in [4.78, 5) is 37.5. The normalized spacial score (nSPS) is 14.4. The third kappa shape index (κ3) is 42.8. The summed E-state index contributed by atoms with van der Waals surface area (Å²) in [5, 5.41) is 0. The van der Waals surface area contributed by atoms with Gasteiger partial charge in [0.05, 0.1) is 27.7 Å². The molecule has 0 aromatic heterocycles. The molecule has 2 atom stereocenters. The topological polar surface area (TPSA) is 111 Å². The average Bonchev–Trinajstić information content (AvgIpc) is 3.17. The van der Waals surface area contributed by atoms with Crippen molar-refractivity contribution in [2.75, 3.05) is 47.5 Å². The van der Waals surface area contributed by atoms with E-state index in [1.54, 1.807) is 0 Å². The molecule has 2 unspecified atom stereocenters. The van der Waals surface area contributed by atoms with E-state index in [4.69, 9.17) is 18.5 Å². The number of quaternary nitrogens is 1. The summed E-state index contributed by atoms with van der Waals surface area (Å²) in [5.74, 6) is -0.972. The van der Waals surface area contributed by atoms with E-state index in [1.165, 1.54) is 64.2 Å². The Kier molecular flexibility index (Phi) is 37.7. The van der Waals surface area contributed by atoms with Crippen LogP contribution in [0.5, 0.6) is 0 Å². The molecule has 0 aromatic carbocycles. The van der Waals surface area contributed by atoms with Crippen LogP contribution >= 0.6 is 7.82 Å². The molecule has 0 saturated heterocycles. The number of likely N-dealkylation sites (N-methyl/N-ethyl adjacent to an activating group) is 1. The van der Waals surface area contributed by atoms with E-state index in [9.17, 15) is 19.0 Å². The molecule has 0 aliphatic rings. The lowest BCUT2D eigenvalue weighted by Crippen LogP contribution is -2.37. The summed E-state index contributed by atoms with van der Waals surface area (Å²) in [6.45, 7) is 4.05. The summed E-state index contributed by atoms with van der Waals surface area (Å²) in [7, 11) is 1.10. The van der Waals surface area contributed by atoms with Gasteiger partial charge in [-0.05, 0) is 83.5 Å². The molecule has 0 aromatic rings. The summed E-state index contributed by atoms with van der Waals surface area (Å²) >= 11 is 0. The van der Waals surface area contributed by atoms with Crippen molar-refractivity contribution in [3.8, 4) is 0 Å². The molecule has 0 rings (SSSR count). The number of phosphoric acid groups is 1. The lowest BCUT2D eigenvalue weighted by atomic mass is 10.1. The number of esters is 2. The Balaban J connectivity index is 4.49. The predicted molar refractivity (Wildman–Crippen MR) is 240 cm³/mol. The molecule has 0 amide bonds. The largest absolute Gasteiger partial charge is 0.756 e. The molecule has 0 fully saturated rings. The quantitative estimate of drug-likeness (QED) is 0.0198. The van der Waals surface area contributed by atoms with Crippen LogP contribution < -0.4 is 4.89 Å². The minimum Gasteiger partial charge on any atom is -0.756 e. The van der Waals surface area contributed by atoms with Crippen LogP contribution in [0.25, 0.3) is 0 Å². The maximum atomic E-state index is 12.6. The first-order valence-corrected chi connectivity index (χ1v) is 23.8. The first kappa shape index (κ1) is 55.2. The first-order valence-electron chi connectivity index (χ1n) is 22.3. The van der Waals surface area contributed by atoms with Gasteiger partial charge in [0.1, 0.15) is 19.8 Å². The molecule has 332 valence electrons. The van der Waals surface area contributed by atoms with Crippen molar-refractivity contribution in [2.45, 2.75) is 161 Å². The number of allylic oxidation sites excluding steroid dienone is 14. The number of ether oxygens (including phenoxy) is 2. The molecule has 0 saturated carbocycles. The van der Waals surface area contributed by atoms with Crippen LogP contribution in [0.4, 0.5) is 0 Å². The fourth-order valence-corrected chi connectivity index (χ4v) is 6.10. The van der Waals surface area contributed by atoms with Crippen molar-refractivity contribution in [3.63, 3.8) is 0 Å². The predicted octanol–water partition coefficient (Wildman–Crippen LogP) is 12.2. The van der Waals surface area contributed by atoms with Gasteiger partial charge < -0.3 is 27.9 Å². The number of unbranched alkanes of at least 4 members (excludes halogenated alkanes) is 11. The molecule has 10 heteroatoms. The number of phosphoric ester groups is 1. The zero-order valence-electron chi connectivity index (χ0n) is 37.2. The SMILES string of the molecule is CCCCC/C=C/C/C=C/C/C=C/C/C=C/C/C=C/CCCCC(=O)OCC(COP(=O)([O-])OCC[N+](C)(C)C)OC(=O)CC/C=C/C/C=C/CCCCCCCC. The van der Waals surface area contributed by atoms with E-state index in [1.807, 2.05) is 33.3 Å². The Morgan fingerprint density at radius 3 is 1.48 bits per heavy atom. The van der Waals surface area contributed by atoms with E-state index >= 15 is 0 Å². The smallest absolute Gasteiger partial charge is 0.306 e. The molecule has 0 heterocycles. The molecule has 0 aliphatic heterocycles. The van der Waals surface area contributed by atoms with Crippen LogP contribution in [-0.4, -0.2) is 70.0 Å². The number of hydrogen-bond acceptors (Lipinski definition) is 8. The van der Waals surface area contributed by atoms with Gasteiger partial charge in [0.2, 0.25) is 0 Å². The lowest BCUT2D eigenvalue weighted by Gasteiger charge is -2.28. The Bertz CT molecular complexity index is 1260. The number of rotatable bonds is 39. The van der Waals surface area contributed by atoms with Gasteiger partial charge in [-0.1, -0.05) is 144 Å². The van der Waals surface area contributed by atoms with E-state index in [0.29, 0.717) is 23.9 Å². The summed E-state index contributed by atoms with van der Waals surface area (Å²) in [5.41, 5.74) is 0. The number of carbonyl (C=O) groups excluding carboxylic acids is 2. The van der Waals surface area contributed by atoms with Crippen molar-refractivity contribution >= 4 is 19.8 Å². The van der Waals surface area contributed by atoms with E-state index < -0.39 is 32.5 Å². The van der Waals surface area contributed by atoms with Crippen LogP contribution in [0.15, 0.2) is 85.1 Å². The zero-order valence-corrected chi connectivity index (χ0v) is 38.1. The standard InChI is InChI=1S/C48H82NO8P/c1-6-8-10-12-14-16-18-20-21-22-23-24-25-26-27-29-30-32-34-36-38-40-47(50)54-44-46(45-56-58(52,53)55-43-42-49(3,4)5)57-48(51)41-39-37-35-33-31-28-19-17-15-13-11-9-7-2/h14,16,20-21,23-24,26-28,30-32,35,37,46H,6-13,15,17-19,22,25,29,33-34,36,38-45H2,1-5H3/b16-14+,21-20+,24-23+,27-26+,31-28+,32-30+,37-35+. The minimum atomic E-state index is -4.65. The van der Waals surface area contributed by atoms with Gasteiger partial charge in [0.25, 0.3) is 7.82 Å². The highest BCUT2D eigenvalue weighted by Gasteiger charge is 2.21. The van der Waals surface area contributed by atoms with Crippen molar-refractivity contribution in [1.82, 2.24) is 0 Å². The zero-order chi connectivity index (χ0) is 42.8. The first-order chi connectivity index (χ1) is 28.0. The number of carbonyl (C=O) groups is 2. The van der Waals surface area contributed by atoms with Crippen LogP contribution in [0.1, 0.15) is 155 Å². The molecule has 58 heavy (non-hydrogen) atoms. The van der Waals surface area contributed by atoms with Crippen molar-refractivity contribution in [3.05, 3.63) is 85.1 Å². The second-order valence-corrected chi connectivity index (χ2v) is 17.1. The summed E-state index contributed by atoms with van der Waals surface area (Å²) < 4.78 is 33.7. The fourth-order valence-electron chi connectivity index (χ4n) is 5.37. The molecular weight excluding hydrogens is 750 g/mol. The highest BCUT2D eigenvalue weighted by molar-refractivity contribution is 7.45. The number of hydrogen-bond donors (Lipinski definition) is 0. The third-order valence-electron chi connectivity index (χ3n) is 8.90. The van der Waals surface area contributed by atoms with Gasteiger partial charge >= 0.3 is 11.9 Å². The summed E-state index contributed by atoms with van der Waals surface area (Å²) in [6, 6.07) is 0. The third-order valence-corrected chi connectivity index (χ3v) is 9.87. The second-order valence-electron chi connectivity index (χ2n) is 15.7. The fraction of sp³-hybridized carbons (Fsp3) is 0.667. The van der Waals surface area contributed by atoms with Gasteiger partial charge in [0, 0.05) is 12.8 Å². The molecule has 0 spiro atoms. The molecule has 0 bridgehead atoms. The Labute approximate surface area is 354 Å². The van der Waals surface area contributed by atoms with Crippen LogP contribution in [-0.2, 0) is 32.7 Å². The van der Waals surface area contributed by atoms with Crippen molar-refractivity contribution < 1.29 is 42.1 Å². The summed E-state index contributed by atoms with van der Waals surface area (Å²) in [6.07, 6.45) is 50.6. The van der Waals surface area contributed by atoms with Crippen molar-refractivity contribution in [1.29, 1.82) is 0 Å². The lowest BCUT2D eigenvalue weighted by molar-refractivity contribution is -0.870. The van der Waals surface area contributed by atoms with Crippen molar-refractivity contribution in [2.24, 2.45) is 0 Å². The Morgan fingerprint density at radius 1 is 0.534 bits per heavy atom. The molecular formula is C48H82NO8P. The molecule has 0 radical (unpaired) electrons. The van der Waals surface area contributed by atoms with Gasteiger partial charge in [0.15, 0.2) is 6.10 Å². The van der Waals surface area contributed by atoms with E-state index in [2.05, 4.69) is 86.8 Å². The maximum Gasteiger partial charge on any atom is 0.306 e. The molecule has 0 N–H and O–H groups in total. The second kappa shape index (κ2) is 39.6. The van der Waals surface area contributed by atoms with Gasteiger partial charge in [-0.25, -0.2) is 0 Å². The van der Waals surface area contributed by atoms with E-state index in [0.717, 1.165) is 51.4 Å².